The number of benzene rings is 3. The quantitative estimate of drug-likeness (QED) is 0.339. The first-order chi connectivity index (χ1) is 17.2. The van der Waals surface area contributed by atoms with E-state index in [-0.39, 0.29) is 5.91 Å². The summed E-state index contributed by atoms with van der Waals surface area (Å²) in [7, 11) is 1.62. The molecule has 0 saturated carbocycles. The SMILES string of the molecule is COc1ccc2nc(-c3cccnc3)nc(Nc3ccccc3C(=O)NCc3ccccc3)c2c1. The zero-order valence-corrected chi connectivity index (χ0v) is 19.1. The molecule has 3 aromatic carbocycles. The molecule has 5 rings (SSSR count). The van der Waals surface area contributed by atoms with Crippen LogP contribution in [-0.2, 0) is 6.54 Å². The molecule has 1 amide bonds. The fourth-order valence-electron chi connectivity index (χ4n) is 3.75. The highest BCUT2D eigenvalue weighted by Gasteiger charge is 2.15. The van der Waals surface area contributed by atoms with Crippen molar-refractivity contribution in [1.29, 1.82) is 0 Å². The summed E-state index contributed by atoms with van der Waals surface area (Å²) in [4.78, 5) is 26.8. The minimum absolute atomic E-state index is 0.180. The number of anilines is 2. The summed E-state index contributed by atoms with van der Waals surface area (Å²) in [6.45, 7) is 0.437. The first-order valence-corrected chi connectivity index (χ1v) is 11.2. The van der Waals surface area contributed by atoms with Gasteiger partial charge < -0.3 is 15.4 Å². The molecule has 0 aliphatic heterocycles. The molecule has 0 unspecified atom stereocenters. The lowest BCUT2D eigenvalue weighted by Gasteiger charge is -2.15. The number of ether oxygens (including phenoxy) is 1. The Hall–Kier alpha value is -4.78. The summed E-state index contributed by atoms with van der Waals surface area (Å²) < 4.78 is 5.42. The lowest BCUT2D eigenvalue weighted by Crippen LogP contribution is -2.23. The molecule has 0 aliphatic carbocycles. The lowest BCUT2D eigenvalue weighted by molar-refractivity contribution is 0.0951. The molecule has 0 bridgehead atoms. The van der Waals surface area contributed by atoms with Gasteiger partial charge in [0.05, 0.1) is 23.9 Å². The molecule has 2 N–H and O–H groups in total. The van der Waals surface area contributed by atoms with Crippen molar-refractivity contribution in [2.24, 2.45) is 0 Å². The number of carbonyl (C=O) groups excluding carboxylic acids is 1. The third kappa shape index (κ3) is 4.94. The number of carbonyl (C=O) groups is 1. The summed E-state index contributed by atoms with van der Waals surface area (Å²) in [6, 6.07) is 26.5. The maximum atomic E-state index is 13.1. The van der Waals surface area contributed by atoms with Gasteiger partial charge in [-0.25, -0.2) is 9.97 Å². The summed E-state index contributed by atoms with van der Waals surface area (Å²) in [5, 5.41) is 7.14. The maximum absolute atomic E-state index is 13.1. The Bertz CT molecular complexity index is 1470. The van der Waals surface area contributed by atoms with Crippen LogP contribution >= 0.6 is 0 Å². The van der Waals surface area contributed by atoms with E-state index in [1.807, 2.05) is 78.9 Å². The van der Waals surface area contributed by atoms with Gasteiger partial charge in [-0.05, 0) is 48.0 Å². The van der Waals surface area contributed by atoms with Gasteiger partial charge in [0.2, 0.25) is 0 Å². The summed E-state index contributed by atoms with van der Waals surface area (Å²) in [5.74, 6) is 1.60. The number of hydrogen-bond donors (Lipinski definition) is 2. The van der Waals surface area contributed by atoms with Crippen LogP contribution in [0.2, 0.25) is 0 Å². The predicted octanol–water partition coefficient (Wildman–Crippen LogP) is 5.37. The largest absolute Gasteiger partial charge is 0.497 e. The van der Waals surface area contributed by atoms with E-state index in [1.54, 1.807) is 25.6 Å². The smallest absolute Gasteiger partial charge is 0.253 e. The molecule has 0 saturated heterocycles. The van der Waals surface area contributed by atoms with Gasteiger partial charge in [-0.15, -0.1) is 0 Å². The van der Waals surface area contributed by atoms with Crippen molar-refractivity contribution < 1.29 is 9.53 Å². The molecule has 0 radical (unpaired) electrons. The molecule has 35 heavy (non-hydrogen) atoms. The normalized spacial score (nSPS) is 10.7. The lowest BCUT2D eigenvalue weighted by atomic mass is 10.1. The van der Waals surface area contributed by atoms with Crippen LogP contribution in [0.25, 0.3) is 22.3 Å². The van der Waals surface area contributed by atoms with Crippen LogP contribution in [0.4, 0.5) is 11.5 Å². The average molecular weight is 462 g/mol. The molecule has 0 fully saturated rings. The number of rotatable bonds is 7. The average Bonchev–Trinajstić information content (AvgIpc) is 2.92. The predicted molar refractivity (Wildman–Crippen MR) is 137 cm³/mol. The van der Waals surface area contributed by atoms with Crippen LogP contribution in [0, 0.1) is 0 Å². The second-order valence-electron chi connectivity index (χ2n) is 7.86. The van der Waals surface area contributed by atoms with E-state index in [0.29, 0.717) is 35.2 Å². The Morgan fingerprint density at radius 3 is 2.54 bits per heavy atom. The monoisotopic (exact) mass is 461 g/mol. The third-order valence-electron chi connectivity index (χ3n) is 5.54. The number of aromatic nitrogens is 3. The number of methoxy groups -OCH3 is 1. The highest BCUT2D eigenvalue weighted by atomic mass is 16.5. The first kappa shape index (κ1) is 22.0. The van der Waals surface area contributed by atoms with E-state index < -0.39 is 0 Å². The number of nitrogens with one attached hydrogen (secondary N) is 2. The fraction of sp³-hybridized carbons (Fsp3) is 0.0714. The molecule has 0 atom stereocenters. The molecular weight excluding hydrogens is 438 g/mol. The van der Waals surface area contributed by atoms with Crippen LogP contribution in [0.3, 0.4) is 0 Å². The van der Waals surface area contributed by atoms with Crippen molar-refractivity contribution in [3.63, 3.8) is 0 Å². The topological polar surface area (TPSA) is 89.0 Å². The second-order valence-corrected chi connectivity index (χ2v) is 7.86. The zero-order valence-electron chi connectivity index (χ0n) is 19.1. The van der Waals surface area contributed by atoms with Gasteiger partial charge in [-0.3, -0.25) is 9.78 Å². The Labute approximate surface area is 202 Å². The molecule has 0 spiro atoms. The van der Waals surface area contributed by atoms with Crippen molar-refractivity contribution >= 4 is 28.3 Å². The molecule has 7 nitrogen and oxygen atoms in total. The Morgan fingerprint density at radius 1 is 0.914 bits per heavy atom. The number of para-hydroxylation sites is 1. The van der Waals surface area contributed by atoms with Gasteiger partial charge in [0.25, 0.3) is 5.91 Å². The minimum atomic E-state index is -0.180. The summed E-state index contributed by atoms with van der Waals surface area (Å²) in [6.07, 6.45) is 3.43. The molecule has 2 heterocycles. The summed E-state index contributed by atoms with van der Waals surface area (Å²) in [5.41, 5.74) is 3.72. The standard InChI is InChI=1S/C28H23N5O2/c1-35-21-13-14-25-23(16-21)27(33-26(31-25)20-10-7-15-29-18-20)32-24-12-6-5-11-22(24)28(34)30-17-19-8-3-2-4-9-19/h2-16,18H,17H2,1H3,(H,30,34)(H,31,32,33). The van der Waals surface area contributed by atoms with Gasteiger partial charge in [0.15, 0.2) is 5.82 Å². The molecule has 5 aromatic rings. The number of nitrogens with zero attached hydrogens (tertiary/aromatic N) is 3. The number of fused-ring (bicyclic) bond motifs is 1. The summed E-state index contributed by atoms with van der Waals surface area (Å²) >= 11 is 0. The van der Waals surface area contributed by atoms with Gasteiger partial charge in [0, 0.05) is 29.9 Å². The molecular formula is C28H23N5O2. The van der Waals surface area contributed by atoms with E-state index >= 15 is 0 Å². The van der Waals surface area contributed by atoms with Crippen molar-refractivity contribution in [3.8, 4) is 17.1 Å². The number of amides is 1. The third-order valence-corrected chi connectivity index (χ3v) is 5.54. The van der Waals surface area contributed by atoms with E-state index in [2.05, 4.69) is 15.6 Å². The van der Waals surface area contributed by atoms with Crippen LogP contribution in [0.1, 0.15) is 15.9 Å². The number of hydrogen-bond acceptors (Lipinski definition) is 6. The van der Waals surface area contributed by atoms with E-state index in [4.69, 9.17) is 14.7 Å². The van der Waals surface area contributed by atoms with Crippen molar-refractivity contribution in [3.05, 3.63) is 108 Å². The zero-order chi connectivity index (χ0) is 24.0. The van der Waals surface area contributed by atoms with E-state index in [9.17, 15) is 4.79 Å². The first-order valence-electron chi connectivity index (χ1n) is 11.2. The molecule has 7 heteroatoms. The molecule has 172 valence electrons. The Kier molecular flexibility index (Phi) is 6.30. The highest BCUT2D eigenvalue weighted by Crippen LogP contribution is 2.31. The minimum Gasteiger partial charge on any atom is -0.497 e. The van der Waals surface area contributed by atoms with Gasteiger partial charge >= 0.3 is 0 Å². The van der Waals surface area contributed by atoms with Crippen LogP contribution in [-0.4, -0.2) is 28.0 Å². The van der Waals surface area contributed by atoms with E-state index in [0.717, 1.165) is 22.0 Å². The van der Waals surface area contributed by atoms with Crippen LogP contribution < -0.4 is 15.4 Å². The van der Waals surface area contributed by atoms with Crippen LogP contribution in [0.15, 0.2) is 97.3 Å². The fourth-order valence-corrected chi connectivity index (χ4v) is 3.75. The van der Waals surface area contributed by atoms with Crippen LogP contribution in [0.5, 0.6) is 5.75 Å². The molecule has 2 aromatic heterocycles. The highest BCUT2D eigenvalue weighted by molar-refractivity contribution is 6.02. The Balaban J connectivity index is 1.52. The van der Waals surface area contributed by atoms with Gasteiger partial charge in [0.1, 0.15) is 11.6 Å². The number of pyridine rings is 1. The van der Waals surface area contributed by atoms with Crippen molar-refractivity contribution in [2.45, 2.75) is 6.54 Å². The Morgan fingerprint density at radius 2 is 1.74 bits per heavy atom. The maximum Gasteiger partial charge on any atom is 0.253 e. The van der Waals surface area contributed by atoms with Crippen molar-refractivity contribution in [2.75, 3.05) is 12.4 Å². The molecule has 0 aliphatic rings. The van der Waals surface area contributed by atoms with Gasteiger partial charge in [-0.2, -0.15) is 0 Å². The van der Waals surface area contributed by atoms with Crippen molar-refractivity contribution in [1.82, 2.24) is 20.3 Å². The van der Waals surface area contributed by atoms with Gasteiger partial charge in [-0.1, -0.05) is 42.5 Å². The second kappa shape index (κ2) is 10.0. The van der Waals surface area contributed by atoms with E-state index in [1.165, 1.54) is 0 Å².